The third kappa shape index (κ3) is 2.61. The molecule has 0 fully saturated rings. The molecule has 2 aromatic carbocycles. The monoisotopic (exact) mass is 298 g/mol. The second kappa shape index (κ2) is 5.44. The Labute approximate surface area is 124 Å². The van der Waals surface area contributed by atoms with Gasteiger partial charge in [-0.1, -0.05) is 18.2 Å². The van der Waals surface area contributed by atoms with Crippen LogP contribution in [0, 0.1) is 11.6 Å². The van der Waals surface area contributed by atoms with E-state index in [9.17, 15) is 13.6 Å². The minimum atomic E-state index is -0.879. The van der Waals surface area contributed by atoms with Crippen molar-refractivity contribution in [1.82, 2.24) is 4.98 Å². The van der Waals surface area contributed by atoms with Crippen LogP contribution < -0.4 is 11.2 Å². The number of fused-ring (bicyclic) bond motifs is 1. The highest BCUT2D eigenvalue weighted by atomic mass is 19.1. The van der Waals surface area contributed by atoms with E-state index in [4.69, 9.17) is 5.73 Å². The standard InChI is InChI=1S/C17H12F2N2O/c18-12-7-14(19)16-15(8-12)21-9-11(17(16)22)5-4-10-2-1-3-13(20)6-10/h1-9H,20H2,(H,21,22)/b5-4+. The number of halogens is 2. The van der Waals surface area contributed by atoms with Gasteiger partial charge in [-0.3, -0.25) is 4.79 Å². The number of aromatic amines is 1. The normalized spacial score (nSPS) is 11.4. The van der Waals surface area contributed by atoms with E-state index in [-0.39, 0.29) is 16.5 Å². The maximum atomic E-state index is 13.8. The first-order chi connectivity index (χ1) is 10.5. The first-order valence-electron chi connectivity index (χ1n) is 6.58. The number of hydrogen-bond acceptors (Lipinski definition) is 2. The maximum absolute atomic E-state index is 13.8. The molecule has 0 bridgehead atoms. The third-order valence-corrected chi connectivity index (χ3v) is 3.29. The summed E-state index contributed by atoms with van der Waals surface area (Å²) in [6.45, 7) is 0. The summed E-state index contributed by atoms with van der Waals surface area (Å²) in [5.41, 5.74) is 7.02. The Morgan fingerprint density at radius 3 is 2.68 bits per heavy atom. The van der Waals surface area contributed by atoms with Crippen molar-refractivity contribution in [2.24, 2.45) is 0 Å². The Balaban J connectivity index is 2.09. The van der Waals surface area contributed by atoms with Gasteiger partial charge in [-0.25, -0.2) is 8.78 Å². The average molecular weight is 298 g/mol. The zero-order chi connectivity index (χ0) is 15.7. The average Bonchev–Trinajstić information content (AvgIpc) is 2.46. The van der Waals surface area contributed by atoms with Crippen LogP contribution in [0.15, 0.2) is 47.4 Å². The number of anilines is 1. The molecule has 0 amide bonds. The molecule has 110 valence electrons. The highest BCUT2D eigenvalue weighted by Crippen LogP contribution is 2.16. The van der Waals surface area contributed by atoms with E-state index in [0.717, 1.165) is 11.6 Å². The summed E-state index contributed by atoms with van der Waals surface area (Å²) in [6.07, 6.45) is 4.69. The van der Waals surface area contributed by atoms with Gasteiger partial charge in [0.05, 0.1) is 10.9 Å². The number of nitrogens with two attached hydrogens (primary N) is 1. The van der Waals surface area contributed by atoms with Crippen molar-refractivity contribution >= 4 is 28.7 Å². The molecule has 5 heteroatoms. The molecule has 0 aliphatic heterocycles. The van der Waals surface area contributed by atoms with Crippen LogP contribution in [0.3, 0.4) is 0 Å². The molecule has 0 unspecified atom stereocenters. The molecule has 22 heavy (non-hydrogen) atoms. The lowest BCUT2D eigenvalue weighted by Gasteiger charge is -2.02. The smallest absolute Gasteiger partial charge is 0.199 e. The van der Waals surface area contributed by atoms with E-state index in [0.29, 0.717) is 11.8 Å². The molecule has 3 nitrogen and oxygen atoms in total. The van der Waals surface area contributed by atoms with E-state index in [1.54, 1.807) is 30.4 Å². The van der Waals surface area contributed by atoms with Gasteiger partial charge in [0.25, 0.3) is 0 Å². The Kier molecular flexibility index (Phi) is 3.47. The summed E-state index contributed by atoms with van der Waals surface area (Å²) in [5.74, 6) is -1.61. The van der Waals surface area contributed by atoms with Gasteiger partial charge in [-0.15, -0.1) is 0 Å². The molecule has 0 spiro atoms. The van der Waals surface area contributed by atoms with Crippen LogP contribution in [0.25, 0.3) is 23.1 Å². The van der Waals surface area contributed by atoms with Crippen LogP contribution in [0.2, 0.25) is 0 Å². The Morgan fingerprint density at radius 2 is 1.91 bits per heavy atom. The summed E-state index contributed by atoms with van der Waals surface area (Å²) in [7, 11) is 0. The van der Waals surface area contributed by atoms with Crippen molar-refractivity contribution in [1.29, 1.82) is 0 Å². The molecule has 0 aliphatic carbocycles. The summed E-state index contributed by atoms with van der Waals surface area (Å²) >= 11 is 0. The third-order valence-electron chi connectivity index (χ3n) is 3.29. The maximum Gasteiger partial charge on any atom is 0.199 e. The number of nitrogens with one attached hydrogen (secondary N) is 1. The number of benzene rings is 2. The number of aromatic nitrogens is 1. The Bertz CT molecular complexity index is 945. The minimum absolute atomic E-state index is 0.128. The van der Waals surface area contributed by atoms with Gasteiger partial charge in [-0.2, -0.15) is 0 Å². The van der Waals surface area contributed by atoms with Gasteiger partial charge in [-0.05, 0) is 29.8 Å². The van der Waals surface area contributed by atoms with Crippen molar-refractivity contribution in [3.8, 4) is 0 Å². The molecule has 0 radical (unpaired) electrons. The van der Waals surface area contributed by atoms with E-state index in [1.807, 2.05) is 6.07 Å². The van der Waals surface area contributed by atoms with Crippen LogP contribution in [0.4, 0.5) is 14.5 Å². The molecule has 0 saturated carbocycles. The van der Waals surface area contributed by atoms with Crippen molar-refractivity contribution in [2.45, 2.75) is 0 Å². The molecular formula is C17H12F2N2O. The zero-order valence-electron chi connectivity index (χ0n) is 11.4. The van der Waals surface area contributed by atoms with Crippen LogP contribution in [0.5, 0.6) is 0 Å². The lowest BCUT2D eigenvalue weighted by atomic mass is 10.1. The minimum Gasteiger partial charge on any atom is -0.399 e. The van der Waals surface area contributed by atoms with Gasteiger partial charge >= 0.3 is 0 Å². The fourth-order valence-electron chi connectivity index (χ4n) is 2.26. The first kappa shape index (κ1) is 14.0. The lowest BCUT2D eigenvalue weighted by Crippen LogP contribution is -2.08. The van der Waals surface area contributed by atoms with Crippen molar-refractivity contribution in [2.75, 3.05) is 5.73 Å². The summed E-state index contributed by atoms with van der Waals surface area (Å²) in [4.78, 5) is 15.0. The number of rotatable bonds is 2. The predicted molar refractivity (Wildman–Crippen MR) is 84.3 cm³/mol. The van der Waals surface area contributed by atoms with Gasteiger partial charge in [0.15, 0.2) is 5.43 Å². The van der Waals surface area contributed by atoms with E-state index < -0.39 is 17.1 Å². The number of hydrogen-bond donors (Lipinski definition) is 2. The number of nitrogen functional groups attached to an aromatic ring is 1. The summed E-state index contributed by atoms with van der Waals surface area (Å²) in [6, 6.07) is 8.92. The molecule has 0 saturated heterocycles. The van der Waals surface area contributed by atoms with Crippen LogP contribution >= 0.6 is 0 Å². The van der Waals surface area contributed by atoms with Gasteiger partial charge in [0.2, 0.25) is 0 Å². The number of pyridine rings is 1. The molecule has 0 aliphatic rings. The Morgan fingerprint density at radius 1 is 1.09 bits per heavy atom. The first-order valence-corrected chi connectivity index (χ1v) is 6.58. The highest BCUT2D eigenvalue weighted by Gasteiger charge is 2.10. The van der Waals surface area contributed by atoms with Crippen LogP contribution in [-0.2, 0) is 0 Å². The largest absolute Gasteiger partial charge is 0.399 e. The molecule has 3 aromatic rings. The fraction of sp³-hybridized carbons (Fsp3) is 0. The van der Waals surface area contributed by atoms with Crippen molar-refractivity contribution in [3.05, 3.63) is 75.6 Å². The number of H-pyrrole nitrogens is 1. The van der Waals surface area contributed by atoms with Crippen molar-refractivity contribution in [3.63, 3.8) is 0 Å². The summed E-state index contributed by atoms with van der Waals surface area (Å²) < 4.78 is 27.0. The van der Waals surface area contributed by atoms with E-state index in [1.165, 1.54) is 6.20 Å². The lowest BCUT2D eigenvalue weighted by molar-refractivity contribution is 0.591. The summed E-state index contributed by atoms with van der Waals surface area (Å²) in [5, 5.41) is -0.156. The van der Waals surface area contributed by atoms with E-state index >= 15 is 0 Å². The molecule has 1 aromatic heterocycles. The highest BCUT2D eigenvalue weighted by molar-refractivity contribution is 5.83. The SMILES string of the molecule is Nc1cccc(/C=C/c2c[nH]c3cc(F)cc(F)c3c2=O)c1. The molecule has 0 atom stereocenters. The fourth-order valence-corrected chi connectivity index (χ4v) is 2.26. The molecule has 3 rings (SSSR count). The van der Waals surface area contributed by atoms with Crippen LogP contribution in [0.1, 0.15) is 11.1 Å². The van der Waals surface area contributed by atoms with Gasteiger partial charge < -0.3 is 10.7 Å². The van der Waals surface area contributed by atoms with Gasteiger partial charge in [0, 0.05) is 23.5 Å². The predicted octanol–water partition coefficient (Wildman–Crippen LogP) is 3.56. The van der Waals surface area contributed by atoms with Gasteiger partial charge in [0.1, 0.15) is 11.6 Å². The zero-order valence-corrected chi connectivity index (χ0v) is 11.4. The van der Waals surface area contributed by atoms with Crippen molar-refractivity contribution < 1.29 is 8.78 Å². The van der Waals surface area contributed by atoms with Crippen LogP contribution in [-0.4, -0.2) is 4.98 Å². The second-order valence-electron chi connectivity index (χ2n) is 4.89. The Hall–Kier alpha value is -2.95. The molecule has 3 N–H and O–H groups in total. The van der Waals surface area contributed by atoms with E-state index in [2.05, 4.69) is 4.98 Å². The second-order valence-corrected chi connectivity index (χ2v) is 4.89. The molecular weight excluding hydrogens is 286 g/mol. The topological polar surface area (TPSA) is 58.9 Å². The molecule has 1 heterocycles. The quantitative estimate of drug-likeness (QED) is 0.711.